The summed E-state index contributed by atoms with van der Waals surface area (Å²) in [5.41, 5.74) is 0. The molecule has 0 fully saturated rings. The molecular weight excluding hydrogens is 316 g/mol. The molecule has 0 saturated heterocycles. The van der Waals surface area contributed by atoms with Crippen LogP contribution in [0, 0.1) is 0 Å². The molecule has 0 radical (unpaired) electrons. The molecule has 6 nitrogen and oxygen atoms in total. The van der Waals surface area contributed by atoms with Crippen molar-refractivity contribution in [3.63, 3.8) is 0 Å². The van der Waals surface area contributed by atoms with Gasteiger partial charge in [-0.15, -0.1) is 21.5 Å². The second kappa shape index (κ2) is 6.42. The van der Waals surface area contributed by atoms with E-state index in [0.29, 0.717) is 28.6 Å². The van der Waals surface area contributed by atoms with Gasteiger partial charge in [0.1, 0.15) is 0 Å². The molecule has 3 aromatic heterocycles. The highest BCUT2D eigenvalue weighted by Gasteiger charge is 2.12. The van der Waals surface area contributed by atoms with Crippen LogP contribution in [0.2, 0.25) is 0 Å². The Balaban J connectivity index is 1.60. The molecule has 9 heteroatoms. The minimum atomic E-state index is 0.513. The summed E-state index contributed by atoms with van der Waals surface area (Å²) in [5.74, 6) is 3.02. The Labute approximate surface area is 127 Å². The van der Waals surface area contributed by atoms with Crippen LogP contribution in [0.3, 0.4) is 0 Å². The summed E-state index contributed by atoms with van der Waals surface area (Å²) in [6, 6.07) is 3.91. The SMILES string of the molecule is CSCc1nnc(SCc2nc(-c3cccs3)no2)o1. The van der Waals surface area contributed by atoms with Crippen LogP contribution >= 0.6 is 34.9 Å². The molecule has 0 aliphatic heterocycles. The van der Waals surface area contributed by atoms with E-state index in [4.69, 9.17) is 8.94 Å². The molecule has 0 aliphatic rings. The lowest BCUT2D eigenvalue weighted by Gasteiger charge is -1.90. The zero-order valence-electron chi connectivity index (χ0n) is 10.5. The van der Waals surface area contributed by atoms with E-state index in [1.165, 1.54) is 11.8 Å². The molecule has 0 aromatic carbocycles. The number of aromatic nitrogens is 4. The van der Waals surface area contributed by atoms with Gasteiger partial charge >= 0.3 is 0 Å². The van der Waals surface area contributed by atoms with Crippen LogP contribution in [0.25, 0.3) is 10.7 Å². The van der Waals surface area contributed by atoms with Gasteiger partial charge in [0.05, 0.1) is 16.4 Å². The zero-order valence-corrected chi connectivity index (χ0v) is 12.9. The van der Waals surface area contributed by atoms with Gasteiger partial charge in [-0.3, -0.25) is 0 Å². The highest BCUT2D eigenvalue weighted by Crippen LogP contribution is 2.25. The van der Waals surface area contributed by atoms with E-state index >= 15 is 0 Å². The van der Waals surface area contributed by atoms with Crippen molar-refractivity contribution in [2.75, 3.05) is 6.26 Å². The molecule has 3 rings (SSSR count). The second-order valence-electron chi connectivity index (χ2n) is 3.67. The van der Waals surface area contributed by atoms with Crippen molar-refractivity contribution in [3.05, 3.63) is 29.3 Å². The first-order valence-corrected chi connectivity index (χ1v) is 8.91. The van der Waals surface area contributed by atoms with Crippen molar-refractivity contribution < 1.29 is 8.94 Å². The fourth-order valence-electron chi connectivity index (χ4n) is 1.42. The van der Waals surface area contributed by atoms with Crippen molar-refractivity contribution in [2.24, 2.45) is 0 Å². The third-order valence-electron chi connectivity index (χ3n) is 2.24. The van der Waals surface area contributed by atoms with Gasteiger partial charge in [0, 0.05) is 0 Å². The van der Waals surface area contributed by atoms with Crippen LogP contribution in [-0.2, 0) is 11.5 Å². The molecular formula is C11H10N4O2S3. The van der Waals surface area contributed by atoms with E-state index < -0.39 is 0 Å². The van der Waals surface area contributed by atoms with Gasteiger partial charge < -0.3 is 8.94 Å². The fraction of sp³-hybridized carbons (Fsp3) is 0.273. The van der Waals surface area contributed by atoms with Crippen molar-refractivity contribution in [1.82, 2.24) is 20.3 Å². The predicted molar refractivity (Wildman–Crippen MR) is 78.7 cm³/mol. The molecule has 104 valence electrons. The summed E-state index contributed by atoms with van der Waals surface area (Å²) < 4.78 is 10.7. The maximum Gasteiger partial charge on any atom is 0.277 e. The highest BCUT2D eigenvalue weighted by molar-refractivity contribution is 7.98. The summed E-state index contributed by atoms with van der Waals surface area (Å²) in [4.78, 5) is 5.32. The smallest absolute Gasteiger partial charge is 0.277 e. The van der Waals surface area contributed by atoms with Crippen molar-refractivity contribution >= 4 is 34.9 Å². The van der Waals surface area contributed by atoms with Crippen LogP contribution in [0.1, 0.15) is 11.8 Å². The van der Waals surface area contributed by atoms with Gasteiger partial charge in [-0.25, -0.2) is 0 Å². The monoisotopic (exact) mass is 326 g/mol. The van der Waals surface area contributed by atoms with Crippen LogP contribution < -0.4 is 0 Å². The van der Waals surface area contributed by atoms with E-state index in [2.05, 4.69) is 20.3 Å². The number of rotatable bonds is 6. The number of nitrogens with zero attached hydrogens (tertiary/aromatic N) is 4. The van der Waals surface area contributed by atoms with Crippen molar-refractivity contribution in [2.45, 2.75) is 16.7 Å². The predicted octanol–water partition coefficient (Wildman–Crippen LogP) is 3.34. The van der Waals surface area contributed by atoms with E-state index in [1.54, 1.807) is 23.1 Å². The van der Waals surface area contributed by atoms with E-state index in [-0.39, 0.29) is 0 Å². The highest BCUT2D eigenvalue weighted by atomic mass is 32.2. The Kier molecular flexibility index (Phi) is 4.38. The van der Waals surface area contributed by atoms with E-state index in [1.807, 2.05) is 23.8 Å². The first kappa shape index (κ1) is 13.7. The largest absolute Gasteiger partial charge is 0.415 e. The second-order valence-corrected chi connectivity index (χ2v) is 6.41. The van der Waals surface area contributed by atoms with Gasteiger partial charge in [-0.1, -0.05) is 23.0 Å². The minimum Gasteiger partial charge on any atom is -0.415 e. The fourth-order valence-corrected chi connectivity index (χ4v) is 3.05. The average Bonchev–Trinajstić information content (AvgIpc) is 3.18. The number of thiophene rings is 1. The van der Waals surface area contributed by atoms with Crippen molar-refractivity contribution in [3.8, 4) is 10.7 Å². The Morgan fingerprint density at radius 2 is 2.20 bits per heavy atom. The van der Waals surface area contributed by atoms with Crippen LogP contribution in [0.5, 0.6) is 0 Å². The molecule has 0 atom stereocenters. The molecule has 3 heterocycles. The molecule has 0 bridgehead atoms. The lowest BCUT2D eigenvalue weighted by atomic mass is 10.4. The number of thioether (sulfide) groups is 2. The third kappa shape index (κ3) is 3.22. The van der Waals surface area contributed by atoms with Gasteiger partial charge in [-0.05, 0) is 17.7 Å². The first-order chi connectivity index (χ1) is 9.85. The van der Waals surface area contributed by atoms with Crippen LogP contribution in [0.4, 0.5) is 0 Å². The quantitative estimate of drug-likeness (QED) is 0.638. The lowest BCUT2D eigenvalue weighted by Crippen LogP contribution is -1.81. The first-order valence-electron chi connectivity index (χ1n) is 5.65. The molecule has 0 spiro atoms. The molecule has 20 heavy (non-hydrogen) atoms. The molecule has 3 aromatic rings. The Morgan fingerprint density at radius 1 is 1.25 bits per heavy atom. The number of hydrogen-bond donors (Lipinski definition) is 0. The maximum atomic E-state index is 5.46. The summed E-state index contributed by atoms with van der Waals surface area (Å²) in [6.45, 7) is 0. The van der Waals surface area contributed by atoms with Gasteiger partial charge in [-0.2, -0.15) is 16.7 Å². The molecule has 0 N–H and O–H groups in total. The summed E-state index contributed by atoms with van der Waals surface area (Å²) in [7, 11) is 0. The summed E-state index contributed by atoms with van der Waals surface area (Å²) in [6.07, 6.45) is 1.99. The molecule has 0 aliphatic carbocycles. The maximum absolute atomic E-state index is 5.46. The Morgan fingerprint density at radius 3 is 3.00 bits per heavy atom. The summed E-state index contributed by atoms with van der Waals surface area (Å²) in [5, 5.41) is 14.3. The topological polar surface area (TPSA) is 77.8 Å². The Hall–Kier alpha value is -1.32. The minimum absolute atomic E-state index is 0.513. The van der Waals surface area contributed by atoms with E-state index in [9.17, 15) is 0 Å². The third-order valence-corrected chi connectivity index (χ3v) is 4.45. The van der Waals surface area contributed by atoms with Gasteiger partial charge in [0.15, 0.2) is 0 Å². The Bertz CT molecular complexity index is 665. The lowest BCUT2D eigenvalue weighted by molar-refractivity contribution is 0.390. The number of hydrogen-bond acceptors (Lipinski definition) is 9. The zero-order chi connectivity index (χ0) is 13.8. The van der Waals surface area contributed by atoms with Gasteiger partial charge in [0.2, 0.25) is 17.6 Å². The molecule has 0 amide bonds. The normalized spacial score (nSPS) is 11.1. The van der Waals surface area contributed by atoms with Crippen LogP contribution in [-0.4, -0.2) is 26.6 Å². The van der Waals surface area contributed by atoms with E-state index in [0.717, 1.165) is 10.6 Å². The molecule has 0 unspecified atom stereocenters. The average molecular weight is 326 g/mol. The summed E-state index contributed by atoms with van der Waals surface area (Å²) >= 11 is 4.61. The van der Waals surface area contributed by atoms with Gasteiger partial charge in [0.25, 0.3) is 5.22 Å². The van der Waals surface area contributed by atoms with Crippen molar-refractivity contribution in [1.29, 1.82) is 0 Å². The molecule has 0 saturated carbocycles. The standard InChI is InChI=1S/C11H10N4O2S3/c1-18-5-9-13-14-11(16-9)20-6-8-12-10(15-17-8)7-3-2-4-19-7/h2-4H,5-6H2,1H3. The van der Waals surface area contributed by atoms with Crippen LogP contribution in [0.15, 0.2) is 31.7 Å².